The van der Waals surface area contributed by atoms with Crippen LogP contribution in [-0.2, 0) is 17.8 Å². The Balaban J connectivity index is 1.50. The molecule has 0 spiro atoms. The molecule has 2 heterocycles. The highest BCUT2D eigenvalue weighted by Crippen LogP contribution is 2.26. The molecule has 1 atom stereocenters. The first kappa shape index (κ1) is 22.9. The molecule has 0 aliphatic rings. The van der Waals surface area contributed by atoms with Crippen molar-refractivity contribution in [2.45, 2.75) is 37.2 Å². The van der Waals surface area contributed by atoms with Crippen molar-refractivity contribution in [2.75, 3.05) is 5.32 Å². The van der Waals surface area contributed by atoms with Crippen LogP contribution in [-0.4, -0.2) is 30.3 Å². The molecular formula is C27H25N5O2S. The van der Waals surface area contributed by atoms with Crippen molar-refractivity contribution in [3.8, 4) is 0 Å². The maximum absolute atomic E-state index is 13.3. The Bertz CT molecular complexity index is 1560. The second kappa shape index (κ2) is 9.76. The third kappa shape index (κ3) is 4.57. The minimum Gasteiger partial charge on any atom is -0.325 e. The molecule has 3 aromatic carbocycles. The summed E-state index contributed by atoms with van der Waals surface area (Å²) in [6.45, 7) is 4.31. The number of nitrogens with zero attached hydrogens (tertiary/aromatic N) is 4. The number of anilines is 1. The number of nitrogens with one attached hydrogen (secondary N) is 1. The minimum absolute atomic E-state index is 0.123. The number of para-hydroxylation sites is 1. The topological polar surface area (TPSA) is 81.3 Å². The molecular weight excluding hydrogens is 458 g/mol. The summed E-state index contributed by atoms with van der Waals surface area (Å²) in [5.41, 5.74) is 3.56. The number of thioether (sulfide) groups is 1. The number of carbonyl (C=O) groups excluding carboxylic acids is 1. The van der Waals surface area contributed by atoms with Gasteiger partial charge in [0.25, 0.3) is 5.56 Å². The SMILES string of the molecule is CCc1ccc(NC(=O)C(C)Sc2nnc3n(Cc4ccccc4)c(=O)c4ccccc4n23)cc1. The number of aromatic nitrogens is 4. The van der Waals surface area contributed by atoms with Gasteiger partial charge in [-0.15, -0.1) is 10.2 Å². The summed E-state index contributed by atoms with van der Waals surface area (Å²) in [6, 6.07) is 25.0. The Morgan fingerprint density at radius 3 is 2.40 bits per heavy atom. The van der Waals surface area contributed by atoms with Crippen LogP contribution in [0.1, 0.15) is 25.0 Å². The van der Waals surface area contributed by atoms with Gasteiger partial charge in [0.05, 0.1) is 22.7 Å². The van der Waals surface area contributed by atoms with Gasteiger partial charge in [0.2, 0.25) is 11.7 Å². The Kier molecular flexibility index (Phi) is 6.37. The van der Waals surface area contributed by atoms with E-state index in [1.54, 1.807) is 4.57 Å². The van der Waals surface area contributed by atoms with E-state index in [1.807, 2.05) is 90.2 Å². The van der Waals surface area contributed by atoms with Crippen molar-refractivity contribution in [1.29, 1.82) is 0 Å². The predicted molar refractivity (Wildman–Crippen MR) is 140 cm³/mol. The normalized spacial score (nSPS) is 12.2. The third-order valence-corrected chi connectivity index (χ3v) is 6.99. The predicted octanol–water partition coefficient (Wildman–Crippen LogP) is 4.77. The first-order valence-electron chi connectivity index (χ1n) is 11.5. The number of aryl methyl sites for hydroxylation is 1. The molecule has 1 amide bonds. The lowest BCUT2D eigenvalue weighted by molar-refractivity contribution is -0.115. The zero-order chi connectivity index (χ0) is 24.4. The van der Waals surface area contributed by atoms with Crippen molar-refractivity contribution >= 4 is 40.0 Å². The average molecular weight is 484 g/mol. The van der Waals surface area contributed by atoms with Crippen LogP contribution >= 0.6 is 11.8 Å². The molecule has 0 saturated heterocycles. The van der Waals surface area contributed by atoms with Gasteiger partial charge in [0.1, 0.15) is 0 Å². The molecule has 5 rings (SSSR count). The summed E-state index contributed by atoms with van der Waals surface area (Å²) < 4.78 is 3.50. The fourth-order valence-corrected chi connectivity index (χ4v) is 4.85. The standard InChI is InChI=1S/C27H25N5O2S/c1-3-19-13-15-21(16-14-19)28-24(33)18(2)35-27-30-29-26-31(17-20-9-5-4-6-10-20)25(34)22-11-7-8-12-23(22)32(26)27/h4-16,18H,3,17H2,1-2H3,(H,28,33). The van der Waals surface area contributed by atoms with E-state index in [9.17, 15) is 9.59 Å². The summed E-state index contributed by atoms with van der Waals surface area (Å²) in [4.78, 5) is 26.3. The van der Waals surface area contributed by atoms with Crippen LogP contribution in [0.5, 0.6) is 0 Å². The van der Waals surface area contributed by atoms with Crippen molar-refractivity contribution in [1.82, 2.24) is 19.2 Å². The lowest BCUT2D eigenvalue weighted by Gasteiger charge is -2.13. The van der Waals surface area contributed by atoms with Gasteiger partial charge in [-0.05, 0) is 48.7 Å². The Labute approximate surface area is 206 Å². The second-order valence-corrected chi connectivity index (χ2v) is 9.62. The van der Waals surface area contributed by atoms with Crippen molar-refractivity contribution in [2.24, 2.45) is 0 Å². The summed E-state index contributed by atoms with van der Waals surface area (Å²) in [5.74, 6) is 0.320. The number of benzene rings is 3. The van der Waals surface area contributed by atoms with Gasteiger partial charge in [-0.2, -0.15) is 0 Å². The van der Waals surface area contributed by atoms with Gasteiger partial charge in [0, 0.05) is 5.69 Å². The molecule has 1 unspecified atom stereocenters. The molecule has 0 aliphatic heterocycles. The minimum atomic E-state index is -0.429. The molecule has 0 radical (unpaired) electrons. The van der Waals surface area contributed by atoms with Crippen LogP contribution in [0.4, 0.5) is 5.69 Å². The molecule has 176 valence electrons. The number of rotatable bonds is 7. The summed E-state index contributed by atoms with van der Waals surface area (Å²) >= 11 is 1.31. The van der Waals surface area contributed by atoms with Gasteiger partial charge in [-0.3, -0.25) is 18.6 Å². The highest BCUT2D eigenvalue weighted by molar-refractivity contribution is 8.00. The lowest BCUT2D eigenvalue weighted by Crippen LogP contribution is -2.24. The van der Waals surface area contributed by atoms with E-state index in [-0.39, 0.29) is 11.5 Å². The van der Waals surface area contributed by atoms with Crippen molar-refractivity contribution < 1.29 is 4.79 Å². The molecule has 2 aromatic heterocycles. The highest BCUT2D eigenvalue weighted by Gasteiger charge is 2.22. The van der Waals surface area contributed by atoms with E-state index < -0.39 is 5.25 Å². The first-order valence-corrected chi connectivity index (χ1v) is 12.4. The lowest BCUT2D eigenvalue weighted by atomic mass is 10.1. The van der Waals surface area contributed by atoms with E-state index >= 15 is 0 Å². The molecule has 7 nitrogen and oxygen atoms in total. The monoisotopic (exact) mass is 483 g/mol. The van der Waals surface area contributed by atoms with Gasteiger partial charge in [-0.1, -0.05) is 73.3 Å². The number of carbonyl (C=O) groups is 1. The van der Waals surface area contributed by atoms with E-state index in [0.717, 1.165) is 17.7 Å². The molecule has 0 saturated carbocycles. The Morgan fingerprint density at radius 2 is 1.66 bits per heavy atom. The second-order valence-electron chi connectivity index (χ2n) is 8.31. The number of hydrogen-bond donors (Lipinski definition) is 1. The molecule has 5 aromatic rings. The number of fused-ring (bicyclic) bond motifs is 3. The van der Waals surface area contributed by atoms with Crippen molar-refractivity contribution in [3.63, 3.8) is 0 Å². The van der Waals surface area contributed by atoms with Gasteiger partial charge in [-0.25, -0.2) is 0 Å². The molecule has 8 heteroatoms. The van der Waals surface area contributed by atoms with Gasteiger partial charge in [0.15, 0.2) is 5.16 Å². The average Bonchev–Trinajstić information content (AvgIpc) is 3.31. The van der Waals surface area contributed by atoms with Crippen molar-refractivity contribution in [3.05, 3.63) is 100 Å². The molecule has 0 aliphatic carbocycles. The largest absolute Gasteiger partial charge is 0.325 e. The third-order valence-electron chi connectivity index (χ3n) is 5.94. The summed E-state index contributed by atoms with van der Waals surface area (Å²) in [7, 11) is 0. The first-order chi connectivity index (χ1) is 17.0. The number of hydrogen-bond acceptors (Lipinski definition) is 5. The van der Waals surface area contributed by atoms with Crippen LogP contribution in [0.25, 0.3) is 16.7 Å². The fourth-order valence-electron chi connectivity index (χ4n) is 4.00. The quantitative estimate of drug-likeness (QED) is 0.337. The number of amides is 1. The molecule has 35 heavy (non-hydrogen) atoms. The van der Waals surface area contributed by atoms with Crippen LogP contribution < -0.4 is 10.9 Å². The van der Waals surface area contributed by atoms with Crippen LogP contribution in [0, 0.1) is 0 Å². The maximum atomic E-state index is 13.3. The Hall–Kier alpha value is -3.91. The van der Waals surface area contributed by atoms with Gasteiger partial charge < -0.3 is 5.32 Å². The van der Waals surface area contributed by atoms with Crippen LogP contribution in [0.15, 0.2) is 88.8 Å². The van der Waals surface area contributed by atoms with E-state index in [4.69, 9.17) is 0 Å². The van der Waals surface area contributed by atoms with E-state index in [2.05, 4.69) is 22.4 Å². The van der Waals surface area contributed by atoms with E-state index in [1.165, 1.54) is 17.3 Å². The Morgan fingerprint density at radius 1 is 0.943 bits per heavy atom. The van der Waals surface area contributed by atoms with E-state index in [0.29, 0.717) is 28.4 Å². The smallest absolute Gasteiger partial charge is 0.263 e. The maximum Gasteiger partial charge on any atom is 0.263 e. The fraction of sp³-hybridized carbons (Fsp3) is 0.185. The summed E-state index contributed by atoms with van der Waals surface area (Å²) in [5, 5.41) is 12.4. The van der Waals surface area contributed by atoms with Crippen LogP contribution in [0.2, 0.25) is 0 Å². The molecule has 0 fully saturated rings. The van der Waals surface area contributed by atoms with Gasteiger partial charge >= 0.3 is 0 Å². The highest BCUT2D eigenvalue weighted by atomic mass is 32.2. The summed E-state index contributed by atoms with van der Waals surface area (Å²) in [6.07, 6.45) is 0.948. The zero-order valence-corrected chi connectivity index (χ0v) is 20.3. The van der Waals surface area contributed by atoms with Crippen LogP contribution in [0.3, 0.4) is 0 Å². The molecule has 1 N–H and O–H groups in total. The zero-order valence-electron chi connectivity index (χ0n) is 19.5. The molecule has 0 bridgehead atoms.